The number of carboxylic acids is 3. The fourth-order valence-electron chi connectivity index (χ4n) is 1.81. The van der Waals surface area contributed by atoms with E-state index in [1.54, 1.807) is 0 Å². The van der Waals surface area contributed by atoms with E-state index in [2.05, 4.69) is 23.3 Å². The second-order valence-electron chi connectivity index (χ2n) is 5.68. The second kappa shape index (κ2) is 11.8. The Morgan fingerprint density at radius 3 is 1.75 bits per heavy atom. The lowest BCUT2D eigenvalue weighted by atomic mass is 10.1. The molecular weight excluding hydrogens is 400 g/mol. The van der Waals surface area contributed by atoms with E-state index in [9.17, 15) is 28.8 Å². The van der Waals surface area contributed by atoms with Crippen molar-refractivity contribution in [2.45, 2.75) is 43.9 Å². The summed E-state index contributed by atoms with van der Waals surface area (Å²) in [6.45, 7) is 1.20. The summed E-state index contributed by atoms with van der Waals surface area (Å²) in [5.41, 5.74) is 5.35. The third-order valence-electron chi connectivity index (χ3n) is 3.29. The zero-order valence-corrected chi connectivity index (χ0v) is 15.6. The summed E-state index contributed by atoms with van der Waals surface area (Å²) in [4.78, 5) is 68.3. The number of aliphatic carboxylic acids is 3. The van der Waals surface area contributed by atoms with Gasteiger partial charge in [0.05, 0.1) is 18.9 Å². The van der Waals surface area contributed by atoms with Crippen molar-refractivity contribution in [3.05, 3.63) is 0 Å². The molecule has 28 heavy (non-hydrogen) atoms. The van der Waals surface area contributed by atoms with E-state index in [1.165, 1.54) is 6.92 Å². The van der Waals surface area contributed by atoms with Gasteiger partial charge >= 0.3 is 17.9 Å². The quantitative estimate of drug-likeness (QED) is 0.147. The van der Waals surface area contributed by atoms with Crippen LogP contribution < -0.4 is 21.7 Å². The first kappa shape index (κ1) is 25.1. The van der Waals surface area contributed by atoms with Gasteiger partial charge in [0, 0.05) is 5.75 Å². The molecule has 13 nitrogen and oxygen atoms in total. The van der Waals surface area contributed by atoms with Gasteiger partial charge in [-0.3, -0.25) is 24.0 Å². The number of thiol groups is 1. The average Bonchev–Trinajstić information content (AvgIpc) is 2.57. The van der Waals surface area contributed by atoms with E-state index in [0.29, 0.717) is 0 Å². The third kappa shape index (κ3) is 9.18. The molecule has 0 bridgehead atoms. The van der Waals surface area contributed by atoms with Crippen molar-refractivity contribution in [3.8, 4) is 0 Å². The third-order valence-corrected chi connectivity index (χ3v) is 3.66. The van der Waals surface area contributed by atoms with E-state index in [-0.39, 0.29) is 5.75 Å². The molecule has 0 aromatic rings. The minimum Gasteiger partial charge on any atom is -0.481 e. The number of carboxylic acid groups (broad SMARTS) is 3. The maximum Gasteiger partial charge on any atom is 0.327 e. The first-order valence-corrected chi connectivity index (χ1v) is 8.46. The van der Waals surface area contributed by atoms with Gasteiger partial charge in [0.15, 0.2) is 0 Å². The van der Waals surface area contributed by atoms with Gasteiger partial charge in [-0.15, -0.1) is 0 Å². The molecular formula is C14H22N4O9S. The monoisotopic (exact) mass is 422 g/mol. The van der Waals surface area contributed by atoms with Crippen molar-refractivity contribution >= 4 is 48.3 Å². The van der Waals surface area contributed by atoms with Crippen LogP contribution in [-0.2, 0) is 28.8 Å². The molecule has 0 saturated carbocycles. The van der Waals surface area contributed by atoms with Crippen LogP contribution in [0.1, 0.15) is 19.8 Å². The summed E-state index contributed by atoms with van der Waals surface area (Å²) >= 11 is 3.75. The van der Waals surface area contributed by atoms with Gasteiger partial charge in [-0.25, -0.2) is 4.79 Å². The van der Waals surface area contributed by atoms with Gasteiger partial charge in [0.1, 0.15) is 18.1 Å². The summed E-state index contributed by atoms with van der Waals surface area (Å²) in [6, 6.07) is -5.73. The molecule has 0 aliphatic heterocycles. The number of hydrogen-bond donors (Lipinski definition) is 8. The molecule has 0 saturated heterocycles. The molecule has 0 fully saturated rings. The van der Waals surface area contributed by atoms with Crippen LogP contribution >= 0.6 is 12.6 Å². The van der Waals surface area contributed by atoms with Crippen molar-refractivity contribution in [2.24, 2.45) is 5.73 Å². The highest BCUT2D eigenvalue weighted by atomic mass is 32.1. The Labute approximate surface area is 164 Å². The second-order valence-corrected chi connectivity index (χ2v) is 6.04. The predicted octanol–water partition coefficient (Wildman–Crippen LogP) is -3.25. The van der Waals surface area contributed by atoms with E-state index < -0.39 is 72.6 Å². The van der Waals surface area contributed by atoms with Gasteiger partial charge in [-0.05, 0) is 6.92 Å². The summed E-state index contributed by atoms with van der Waals surface area (Å²) in [5.74, 6) is -7.42. The molecule has 4 atom stereocenters. The van der Waals surface area contributed by atoms with Crippen molar-refractivity contribution in [2.75, 3.05) is 5.75 Å². The smallest absolute Gasteiger partial charge is 0.327 e. The molecule has 0 radical (unpaired) electrons. The van der Waals surface area contributed by atoms with E-state index >= 15 is 0 Å². The lowest BCUT2D eigenvalue weighted by Crippen LogP contribution is -2.57. The largest absolute Gasteiger partial charge is 0.481 e. The summed E-state index contributed by atoms with van der Waals surface area (Å²) in [7, 11) is 0. The Morgan fingerprint density at radius 2 is 1.32 bits per heavy atom. The lowest BCUT2D eigenvalue weighted by molar-refractivity contribution is -0.143. The van der Waals surface area contributed by atoms with Crippen LogP contribution in [0.3, 0.4) is 0 Å². The van der Waals surface area contributed by atoms with E-state index in [1.807, 2.05) is 5.32 Å². The van der Waals surface area contributed by atoms with Crippen LogP contribution in [0.4, 0.5) is 0 Å². The number of amides is 3. The Kier molecular flexibility index (Phi) is 10.6. The molecule has 14 heteroatoms. The Morgan fingerprint density at radius 1 is 0.821 bits per heavy atom. The van der Waals surface area contributed by atoms with Crippen LogP contribution in [0.2, 0.25) is 0 Å². The zero-order valence-electron chi connectivity index (χ0n) is 14.7. The van der Waals surface area contributed by atoms with Gasteiger partial charge in [0.25, 0.3) is 0 Å². The highest BCUT2D eigenvalue weighted by Crippen LogP contribution is 1.99. The lowest BCUT2D eigenvalue weighted by Gasteiger charge is -2.22. The maximum atomic E-state index is 12.1. The summed E-state index contributed by atoms with van der Waals surface area (Å²) in [5, 5.41) is 32.6. The molecule has 8 N–H and O–H groups in total. The minimum atomic E-state index is -1.63. The highest BCUT2D eigenvalue weighted by Gasteiger charge is 2.30. The standard InChI is InChI=1S/C14H22N4O9S/c1-5(16-12(24)6(15)2-9(19)20)11(23)17-7(3-10(21)22)13(25)18-8(4-28)14(26)27/h5-8,28H,2-4,15H2,1H3,(H,16,24)(H,17,23)(H,18,25)(H,19,20)(H,21,22)(H,26,27). The molecule has 0 spiro atoms. The van der Waals surface area contributed by atoms with Crippen LogP contribution in [0, 0.1) is 0 Å². The van der Waals surface area contributed by atoms with E-state index in [4.69, 9.17) is 21.1 Å². The first-order chi connectivity index (χ1) is 12.9. The van der Waals surface area contributed by atoms with E-state index in [0.717, 1.165) is 0 Å². The van der Waals surface area contributed by atoms with Crippen LogP contribution in [0.5, 0.6) is 0 Å². The van der Waals surface area contributed by atoms with Crippen LogP contribution in [-0.4, -0.2) is 80.9 Å². The molecule has 0 aliphatic rings. The number of carbonyl (C=O) groups excluding carboxylic acids is 3. The van der Waals surface area contributed by atoms with Gasteiger partial charge in [-0.1, -0.05) is 0 Å². The van der Waals surface area contributed by atoms with Gasteiger partial charge in [-0.2, -0.15) is 12.6 Å². The Hall–Kier alpha value is -2.87. The normalized spacial score (nSPS) is 14.7. The van der Waals surface area contributed by atoms with Crippen molar-refractivity contribution in [3.63, 3.8) is 0 Å². The van der Waals surface area contributed by atoms with Crippen LogP contribution in [0.15, 0.2) is 0 Å². The fourth-order valence-corrected chi connectivity index (χ4v) is 2.05. The topological polar surface area (TPSA) is 225 Å². The average molecular weight is 422 g/mol. The van der Waals surface area contributed by atoms with Crippen molar-refractivity contribution in [1.82, 2.24) is 16.0 Å². The molecule has 0 aromatic carbocycles. The molecule has 0 aromatic heterocycles. The summed E-state index contributed by atoms with van der Waals surface area (Å²) in [6.07, 6.45) is -1.53. The number of carbonyl (C=O) groups is 6. The molecule has 0 rings (SSSR count). The van der Waals surface area contributed by atoms with Crippen molar-refractivity contribution in [1.29, 1.82) is 0 Å². The molecule has 3 amide bonds. The minimum absolute atomic E-state index is 0.275. The molecule has 0 aliphatic carbocycles. The number of rotatable bonds is 12. The first-order valence-electron chi connectivity index (χ1n) is 7.83. The molecule has 158 valence electrons. The highest BCUT2D eigenvalue weighted by molar-refractivity contribution is 7.80. The van der Waals surface area contributed by atoms with Gasteiger partial charge in [0.2, 0.25) is 17.7 Å². The summed E-state index contributed by atoms with van der Waals surface area (Å²) < 4.78 is 0. The number of nitrogens with two attached hydrogens (primary N) is 1. The molecule has 4 unspecified atom stereocenters. The SMILES string of the molecule is CC(NC(=O)C(N)CC(=O)O)C(=O)NC(CC(=O)O)C(=O)NC(CS)C(=O)O. The number of nitrogens with one attached hydrogen (secondary N) is 3. The predicted molar refractivity (Wildman–Crippen MR) is 95.4 cm³/mol. The Bertz CT molecular complexity index is 642. The fraction of sp³-hybridized carbons (Fsp3) is 0.571. The Balaban J connectivity index is 5.02. The maximum absolute atomic E-state index is 12.1. The van der Waals surface area contributed by atoms with Gasteiger partial charge < -0.3 is 37.0 Å². The molecule has 0 heterocycles. The van der Waals surface area contributed by atoms with Crippen molar-refractivity contribution < 1.29 is 44.1 Å². The number of hydrogen-bond acceptors (Lipinski definition) is 8. The van der Waals surface area contributed by atoms with Crippen LogP contribution in [0.25, 0.3) is 0 Å². The zero-order chi connectivity index (χ0) is 22.0.